The molecule has 9 heteroatoms. The topological polar surface area (TPSA) is 90.9 Å². The molecule has 2 aliphatic rings. The zero-order chi connectivity index (χ0) is 32.1. The molecule has 0 spiro atoms. The van der Waals surface area contributed by atoms with Gasteiger partial charge in [-0.1, -0.05) is 18.1 Å². The van der Waals surface area contributed by atoms with Crippen LogP contribution in [0.15, 0.2) is 60.7 Å². The van der Waals surface area contributed by atoms with E-state index in [9.17, 15) is 23.5 Å². The van der Waals surface area contributed by atoms with Crippen molar-refractivity contribution in [2.75, 3.05) is 26.8 Å². The summed E-state index contributed by atoms with van der Waals surface area (Å²) in [7, 11) is 1.61. The van der Waals surface area contributed by atoms with Crippen molar-refractivity contribution in [2.24, 2.45) is 0 Å². The van der Waals surface area contributed by atoms with E-state index in [4.69, 9.17) is 11.2 Å². The van der Waals surface area contributed by atoms with Gasteiger partial charge >= 0.3 is 0 Å². The Labute approximate surface area is 263 Å². The van der Waals surface area contributed by atoms with Crippen LogP contribution in [-0.4, -0.2) is 66.8 Å². The highest BCUT2D eigenvalue weighted by atomic mass is 19.1. The van der Waals surface area contributed by atoms with Crippen molar-refractivity contribution >= 4 is 11.8 Å². The van der Waals surface area contributed by atoms with Crippen molar-refractivity contribution in [2.45, 2.75) is 62.8 Å². The monoisotopic (exact) mass is 615 g/mol. The van der Waals surface area contributed by atoms with E-state index in [2.05, 4.69) is 16.6 Å². The molecule has 1 aliphatic heterocycles. The van der Waals surface area contributed by atoms with E-state index < -0.39 is 29.7 Å². The summed E-state index contributed by atoms with van der Waals surface area (Å²) in [5, 5.41) is 17.7. The van der Waals surface area contributed by atoms with Crippen LogP contribution >= 0.6 is 0 Å². The maximum Gasteiger partial charge on any atom is 0.254 e. The van der Waals surface area contributed by atoms with Crippen LogP contribution in [0.1, 0.15) is 68.7 Å². The van der Waals surface area contributed by atoms with Gasteiger partial charge in [-0.25, -0.2) is 8.78 Å². The second kappa shape index (κ2) is 13.9. The van der Waals surface area contributed by atoms with Crippen molar-refractivity contribution in [3.63, 3.8) is 0 Å². The second-order valence-electron chi connectivity index (χ2n) is 12.2. The zero-order valence-corrected chi connectivity index (χ0v) is 25.6. The highest BCUT2D eigenvalue weighted by Crippen LogP contribution is 2.45. The predicted octanol–water partition coefficient (Wildman–Crippen LogP) is 4.49. The first-order valence-electron chi connectivity index (χ1n) is 15.3. The van der Waals surface area contributed by atoms with Gasteiger partial charge in [0.25, 0.3) is 11.8 Å². The fourth-order valence-corrected chi connectivity index (χ4v) is 6.23. The minimum atomic E-state index is -1.11. The third-order valence-corrected chi connectivity index (χ3v) is 8.72. The van der Waals surface area contributed by atoms with Gasteiger partial charge < -0.3 is 25.4 Å². The van der Waals surface area contributed by atoms with Gasteiger partial charge in [0.1, 0.15) is 11.6 Å². The lowest BCUT2D eigenvalue weighted by atomic mass is 9.98. The van der Waals surface area contributed by atoms with E-state index in [1.54, 1.807) is 37.1 Å². The molecule has 2 amide bonds. The van der Waals surface area contributed by atoms with Crippen LogP contribution in [0.4, 0.5) is 8.78 Å². The first-order chi connectivity index (χ1) is 21.6. The Morgan fingerprint density at radius 1 is 1.11 bits per heavy atom. The van der Waals surface area contributed by atoms with Crippen LogP contribution in [0.3, 0.4) is 0 Å². The smallest absolute Gasteiger partial charge is 0.254 e. The molecule has 1 saturated heterocycles. The Balaban J connectivity index is 1.35. The van der Waals surface area contributed by atoms with E-state index in [1.165, 1.54) is 12.1 Å². The summed E-state index contributed by atoms with van der Waals surface area (Å²) in [6.07, 6.45) is 7.88. The molecular formula is C36H39F2N3O4. The minimum Gasteiger partial charge on any atom is -0.390 e. The fourth-order valence-electron chi connectivity index (χ4n) is 6.23. The van der Waals surface area contributed by atoms with Crippen LogP contribution in [0.5, 0.6) is 0 Å². The largest absolute Gasteiger partial charge is 0.390 e. The van der Waals surface area contributed by atoms with Gasteiger partial charge in [0.05, 0.1) is 24.8 Å². The van der Waals surface area contributed by atoms with Gasteiger partial charge in [0.2, 0.25) is 0 Å². The molecule has 0 radical (unpaired) electrons. The zero-order valence-electron chi connectivity index (χ0n) is 25.6. The number of nitrogens with one attached hydrogen (secondary N) is 2. The predicted molar refractivity (Wildman–Crippen MR) is 168 cm³/mol. The number of carbonyl (C=O) groups is 2. The van der Waals surface area contributed by atoms with Gasteiger partial charge in [0, 0.05) is 48.5 Å². The average Bonchev–Trinajstić information content (AvgIpc) is 3.68. The Morgan fingerprint density at radius 2 is 1.84 bits per heavy atom. The number of terminal acetylenes is 1. The number of benzene rings is 3. The number of ether oxygens (including phenoxy) is 1. The Hall–Kier alpha value is -4.10. The number of nitrogens with zero attached hydrogens (tertiary/aromatic N) is 1. The molecule has 3 aromatic rings. The van der Waals surface area contributed by atoms with E-state index in [1.807, 2.05) is 24.3 Å². The molecule has 2 fully saturated rings. The number of aliphatic hydroxyl groups is 1. The number of hydrogen-bond donors (Lipinski definition) is 3. The first kappa shape index (κ1) is 32.3. The van der Waals surface area contributed by atoms with Crippen LogP contribution < -0.4 is 10.6 Å². The molecule has 3 aromatic carbocycles. The maximum atomic E-state index is 14.1. The maximum absolute atomic E-state index is 14.1. The number of rotatable bonds is 12. The molecule has 5 rings (SSSR count). The lowest BCUT2D eigenvalue weighted by molar-refractivity contribution is 0.0630. The van der Waals surface area contributed by atoms with Crippen molar-refractivity contribution in [3.05, 3.63) is 106 Å². The summed E-state index contributed by atoms with van der Waals surface area (Å²) in [4.78, 5) is 28.9. The van der Waals surface area contributed by atoms with Gasteiger partial charge in [-0.2, -0.15) is 0 Å². The fraction of sp³-hybridized carbons (Fsp3) is 0.389. The number of aliphatic hydroxyl groups excluding tert-OH is 1. The SMILES string of the molecule is C#Cc1cccc(C2(NCC(O)C(Cc3cc(F)cc(F)c3)NC(=O)c3cc(C)cc(C(=O)N4CCCC4COC)c3)CC2)c1. The number of likely N-dealkylation sites (tertiary alicyclic amines) is 1. The number of methoxy groups -OCH3 is 1. The molecule has 1 aliphatic carbocycles. The van der Waals surface area contributed by atoms with Gasteiger partial charge in [-0.15, -0.1) is 6.42 Å². The third-order valence-electron chi connectivity index (χ3n) is 8.72. The molecule has 3 unspecified atom stereocenters. The quantitative estimate of drug-likeness (QED) is 0.262. The lowest BCUT2D eigenvalue weighted by Gasteiger charge is -2.28. The minimum absolute atomic E-state index is 0.0209. The van der Waals surface area contributed by atoms with Crippen molar-refractivity contribution in [3.8, 4) is 12.3 Å². The standard InChI is InChI=1S/C36H39F2N3O4/c1-4-24-7-5-8-28(15-24)36(10-11-36)39-21-33(42)32(18-25-16-29(37)20-30(38)17-25)40-34(43)26-13-23(2)14-27(19-26)35(44)41-12-6-9-31(41)22-45-3/h1,5,7-8,13-17,19-20,31-33,39,42H,6,9-12,18,21-22H2,2-3H3,(H,40,43). The molecule has 236 valence electrons. The summed E-state index contributed by atoms with van der Waals surface area (Å²) < 4.78 is 33.5. The molecule has 7 nitrogen and oxygen atoms in total. The molecule has 45 heavy (non-hydrogen) atoms. The lowest BCUT2D eigenvalue weighted by Crippen LogP contribution is -2.50. The Bertz CT molecular complexity index is 1580. The van der Waals surface area contributed by atoms with Crippen molar-refractivity contribution < 1.29 is 28.2 Å². The molecule has 0 bridgehead atoms. The molecule has 1 saturated carbocycles. The van der Waals surface area contributed by atoms with E-state index in [0.717, 1.165) is 48.4 Å². The molecule has 1 heterocycles. The summed E-state index contributed by atoms with van der Waals surface area (Å²) in [6.45, 7) is 2.97. The number of halogens is 2. The summed E-state index contributed by atoms with van der Waals surface area (Å²) >= 11 is 0. The van der Waals surface area contributed by atoms with Crippen LogP contribution in [0, 0.1) is 30.9 Å². The van der Waals surface area contributed by atoms with Crippen LogP contribution in [-0.2, 0) is 16.7 Å². The van der Waals surface area contributed by atoms with Crippen molar-refractivity contribution in [1.82, 2.24) is 15.5 Å². The summed E-state index contributed by atoms with van der Waals surface area (Å²) in [5.74, 6) is 0.471. The number of hydrogen-bond acceptors (Lipinski definition) is 5. The number of amides is 2. The number of aryl methyl sites for hydroxylation is 1. The second-order valence-corrected chi connectivity index (χ2v) is 12.2. The molecule has 0 aromatic heterocycles. The van der Waals surface area contributed by atoms with Gasteiger partial charge in [-0.3, -0.25) is 9.59 Å². The summed E-state index contributed by atoms with van der Waals surface area (Å²) in [5.41, 5.74) is 3.08. The normalized spacial score (nSPS) is 18.2. The van der Waals surface area contributed by atoms with Crippen LogP contribution in [0.25, 0.3) is 0 Å². The number of carbonyl (C=O) groups excluding carboxylic acids is 2. The van der Waals surface area contributed by atoms with E-state index in [0.29, 0.717) is 18.7 Å². The Morgan fingerprint density at radius 3 is 2.53 bits per heavy atom. The third kappa shape index (κ3) is 7.77. The van der Waals surface area contributed by atoms with Crippen molar-refractivity contribution in [1.29, 1.82) is 0 Å². The Kier molecular flexibility index (Phi) is 9.98. The van der Waals surface area contributed by atoms with E-state index >= 15 is 0 Å². The van der Waals surface area contributed by atoms with E-state index in [-0.39, 0.29) is 41.6 Å². The molecule has 3 N–H and O–H groups in total. The molecular weight excluding hydrogens is 576 g/mol. The summed E-state index contributed by atoms with van der Waals surface area (Å²) in [6, 6.07) is 14.9. The average molecular weight is 616 g/mol. The van der Waals surface area contributed by atoms with Crippen LogP contribution in [0.2, 0.25) is 0 Å². The molecule has 3 atom stereocenters. The highest BCUT2D eigenvalue weighted by molar-refractivity contribution is 6.00. The van der Waals surface area contributed by atoms with Gasteiger partial charge in [-0.05, 0) is 98.2 Å². The highest BCUT2D eigenvalue weighted by Gasteiger charge is 2.44. The van der Waals surface area contributed by atoms with Gasteiger partial charge in [0.15, 0.2) is 0 Å². The first-order valence-corrected chi connectivity index (χ1v) is 15.3.